The molecule has 2 aromatic heterocycles. The Balaban J connectivity index is 1.40. The zero-order chi connectivity index (χ0) is 23.9. The maximum Gasteiger partial charge on any atom is 0.121 e. The fourth-order valence-corrected chi connectivity index (χ4v) is 3.59. The van der Waals surface area contributed by atoms with Gasteiger partial charge < -0.3 is 20.6 Å². The van der Waals surface area contributed by atoms with Crippen LogP contribution in [0.2, 0.25) is 0 Å². The zero-order valence-electron chi connectivity index (χ0n) is 20.5. The molecule has 0 amide bonds. The lowest BCUT2D eigenvalue weighted by Crippen LogP contribution is -2.24. The van der Waals surface area contributed by atoms with Gasteiger partial charge in [0.2, 0.25) is 0 Å². The summed E-state index contributed by atoms with van der Waals surface area (Å²) in [5.41, 5.74) is 6.05. The molecule has 0 radical (unpaired) electrons. The second-order valence-electron chi connectivity index (χ2n) is 9.20. The number of aromatic amines is 2. The molecule has 0 fully saturated rings. The summed E-state index contributed by atoms with van der Waals surface area (Å²) in [6.07, 6.45) is 2.99. The Kier molecular flexibility index (Phi) is 7.79. The number of hydrogen-bond donors (Lipinski definition) is 4. The second kappa shape index (κ2) is 11.1. The third-order valence-electron chi connectivity index (χ3n) is 5.78. The largest absolute Gasteiger partial charge is 0.341 e. The molecule has 6 heteroatoms. The summed E-state index contributed by atoms with van der Waals surface area (Å²) in [5.74, 6) is 9.07. The molecule has 4 rings (SSSR count). The van der Waals surface area contributed by atoms with E-state index >= 15 is 0 Å². The summed E-state index contributed by atoms with van der Waals surface area (Å²) in [6.45, 7) is 11.2. The molecule has 2 aromatic carbocycles. The van der Waals surface area contributed by atoms with Crippen molar-refractivity contribution in [2.24, 2.45) is 5.92 Å². The molecule has 0 saturated heterocycles. The Morgan fingerprint density at radius 2 is 1.68 bits per heavy atom. The first-order chi connectivity index (χ1) is 16.5. The van der Waals surface area contributed by atoms with Gasteiger partial charge in [-0.15, -0.1) is 0 Å². The average molecular weight is 455 g/mol. The number of H-pyrrole nitrogens is 2. The van der Waals surface area contributed by atoms with Crippen LogP contribution in [0.3, 0.4) is 0 Å². The third kappa shape index (κ3) is 6.34. The van der Waals surface area contributed by atoms with Crippen molar-refractivity contribution in [2.45, 2.75) is 53.2 Å². The number of aromatic nitrogens is 4. The van der Waals surface area contributed by atoms with Gasteiger partial charge in [-0.05, 0) is 61.7 Å². The summed E-state index contributed by atoms with van der Waals surface area (Å²) >= 11 is 0. The van der Waals surface area contributed by atoms with Crippen molar-refractivity contribution in [1.29, 1.82) is 0 Å². The molecule has 0 spiro atoms. The van der Waals surface area contributed by atoms with Crippen LogP contribution in [0.5, 0.6) is 0 Å². The van der Waals surface area contributed by atoms with Gasteiger partial charge in [0.15, 0.2) is 0 Å². The van der Waals surface area contributed by atoms with Crippen molar-refractivity contribution in [2.75, 3.05) is 6.54 Å². The summed E-state index contributed by atoms with van der Waals surface area (Å²) in [7, 11) is 0. The standard InChI is InChI=1S/C28H34N6/c1-5-20(4)30-18-28-32-24-13-10-22(14-25(24)33-28)7-6-21-8-11-23(12-9-21)26-16-31-27(34-26)17-29-15-19(2)3/h8-14,16,19-20,29-30H,5,15,17-18H2,1-4H3,(H,31,34)(H,32,33). The maximum atomic E-state index is 4.66. The van der Waals surface area contributed by atoms with E-state index in [1.54, 1.807) is 0 Å². The minimum atomic E-state index is 0.475. The average Bonchev–Trinajstić information content (AvgIpc) is 3.48. The van der Waals surface area contributed by atoms with Gasteiger partial charge >= 0.3 is 0 Å². The SMILES string of the molecule is CCC(C)NCc1nc2ccc(C#Cc3ccc(-c4cnc(CNCC(C)C)[nH]4)cc3)cc2[nH]1. The van der Waals surface area contributed by atoms with Crippen molar-refractivity contribution in [1.82, 2.24) is 30.6 Å². The highest BCUT2D eigenvalue weighted by Gasteiger charge is 2.06. The zero-order valence-corrected chi connectivity index (χ0v) is 20.5. The molecule has 6 nitrogen and oxygen atoms in total. The van der Waals surface area contributed by atoms with Crippen LogP contribution in [0.25, 0.3) is 22.3 Å². The third-order valence-corrected chi connectivity index (χ3v) is 5.78. The highest BCUT2D eigenvalue weighted by atomic mass is 15.0. The number of nitrogens with zero attached hydrogens (tertiary/aromatic N) is 2. The Hall–Kier alpha value is -3.40. The molecule has 0 aliphatic carbocycles. The van der Waals surface area contributed by atoms with Crippen molar-refractivity contribution >= 4 is 11.0 Å². The van der Waals surface area contributed by atoms with Gasteiger partial charge in [0.25, 0.3) is 0 Å². The molecule has 1 atom stereocenters. The Labute approximate surface area is 202 Å². The van der Waals surface area contributed by atoms with Crippen LogP contribution in [0.15, 0.2) is 48.7 Å². The highest BCUT2D eigenvalue weighted by Crippen LogP contribution is 2.18. The molecule has 0 aliphatic rings. The number of nitrogens with one attached hydrogen (secondary N) is 4. The van der Waals surface area contributed by atoms with Gasteiger partial charge in [-0.25, -0.2) is 9.97 Å². The first-order valence-electron chi connectivity index (χ1n) is 12.1. The number of fused-ring (bicyclic) bond motifs is 1. The van der Waals surface area contributed by atoms with Gasteiger partial charge in [-0.1, -0.05) is 44.7 Å². The number of imidazole rings is 2. The summed E-state index contributed by atoms with van der Waals surface area (Å²) in [5, 5.41) is 6.88. The van der Waals surface area contributed by atoms with E-state index in [2.05, 4.69) is 88.3 Å². The number of rotatable bonds is 9. The fraction of sp³-hybridized carbons (Fsp3) is 0.357. The van der Waals surface area contributed by atoms with E-state index in [1.807, 2.05) is 30.5 Å². The van der Waals surface area contributed by atoms with E-state index < -0.39 is 0 Å². The molecule has 0 saturated carbocycles. The van der Waals surface area contributed by atoms with Crippen molar-refractivity contribution in [3.8, 4) is 23.1 Å². The lowest BCUT2D eigenvalue weighted by molar-refractivity contribution is 0.525. The minimum Gasteiger partial charge on any atom is -0.341 e. The van der Waals surface area contributed by atoms with Crippen LogP contribution in [0, 0.1) is 17.8 Å². The molecule has 1 unspecified atom stereocenters. The van der Waals surface area contributed by atoms with E-state index in [0.717, 1.165) is 71.1 Å². The normalized spacial score (nSPS) is 12.1. The number of benzene rings is 2. The fourth-order valence-electron chi connectivity index (χ4n) is 3.59. The molecule has 0 bridgehead atoms. The van der Waals surface area contributed by atoms with Gasteiger partial charge in [-0.2, -0.15) is 0 Å². The van der Waals surface area contributed by atoms with E-state index in [-0.39, 0.29) is 0 Å². The predicted molar refractivity (Wildman–Crippen MR) is 139 cm³/mol. The minimum absolute atomic E-state index is 0.475. The first kappa shape index (κ1) is 23.7. The monoisotopic (exact) mass is 454 g/mol. The predicted octanol–water partition coefficient (Wildman–Crippen LogP) is 4.99. The van der Waals surface area contributed by atoms with E-state index in [4.69, 9.17) is 0 Å². The summed E-state index contributed by atoms with van der Waals surface area (Å²) in [4.78, 5) is 15.9. The van der Waals surface area contributed by atoms with Crippen LogP contribution < -0.4 is 10.6 Å². The molecule has 4 N–H and O–H groups in total. The smallest absolute Gasteiger partial charge is 0.121 e. The van der Waals surface area contributed by atoms with Crippen LogP contribution in [0.4, 0.5) is 0 Å². The van der Waals surface area contributed by atoms with Gasteiger partial charge in [0.1, 0.15) is 11.6 Å². The lowest BCUT2D eigenvalue weighted by Gasteiger charge is -2.08. The number of hydrogen-bond acceptors (Lipinski definition) is 4. The van der Waals surface area contributed by atoms with Crippen LogP contribution in [-0.4, -0.2) is 32.5 Å². The molecule has 0 aliphatic heterocycles. The van der Waals surface area contributed by atoms with Crippen LogP contribution in [-0.2, 0) is 13.1 Å². The second-order valence-corrected chi connectivity index (χ2v) is 9.20. The van der Waals surface area contributed by atoms with E-state index in [1.165, 1.54) is 0 Å². The van der Waals surface area contributed by atoms with Crippen LogP contribution in [0.1, 0.15) is 56.9 Å². The van der Waals surface area contributed by atoms with Gasteiger partial charge in [0, 0.05) is 17.2 Å². The Bertz CT molecular complexity index is 1270. The Morgan fingerprint density at radius 3 is 2.44 bits per heavy atom. The molecule has 34 heavy (non-hydrogen) atoms. The molecular formula is C28H34N6. The van der Waals surface area contributed by atoms with Crippen LogP contribution >= 0.6 is 0 Å². The first-order valence-corrected chi connectivity index (χ1v) is 12.1. The summed E-state index contributed by atoms with van der Waals surface area (Å²) < 4.78 is 0. The maximum absolute atomic E-state index is 4.66. The van der Waals surface area contributed by atoms with E-state index in [0.29, 0.717) is 12.0 Å². The quantitative estimate of drug-likeness (QED) is 0.269. The Morgan fingerprint density at radius 1 is 0.912 bits per heavy atom. The van der Waals surface area contributed by atoms with Gasteiger partial charge in [-0.3, -0.25) is 0 Å². The van der Waals surface area contributed by atoms with E-state index in [9.17, 15) is 0 Å². The molecule has 4 aromatic rings. The van der Waals surface area contributed by atoms with Crippen molar-refractivity contribution in [3.05, 3.63) is 71.4 Å². The van der Waals surface area contributed by atoms with Crippen molar-refractivity contribution in [3.63, 3.8) is 0 Å². The van der Waals surface area contributed by atoms with Crippen molar-refractivity contribution < 1.29 is 0 Å². The topological polar surface area (TPSA) is 81.4 Å². The molecule has 176 valence electrons. The molecule has 2 heterocycles. The highest BCUT2D eigenvalue weighted by molar-refractivity contribution is 5.77. The lowest BCUT2D eigenvalue weighted by atomic mass is 10.1. The van der Waals surface area contributed by atoms with Gasteiger partial charge in [0.05, 0.1) is 36.0 Å². The molecular weight excluding hydrogens is 420 g/mol. The summed E-state index contributed by atoms with van der Waals surface area (Å²) in [6, 6.07) is 14.8.